The molecule has 7 nitrogen and oxygen atoms in total. The second kappa shape index (κ2) is 7.79. The molecule has 0 fully saturated rings. The van der Waals surface area contributed by atoms with E-state index < -0.39 is 5.91 Å². The fourth-order valence-electron chi connectivity index (χ4n) is 2.49. The van der Waals surface area contributed by atoms with Gasteiger partial charge in [-0.25, -0.2) is 5.10 Å². The van der Waals surface area contributed by atoms with Crippen molar-refractivity contribution >= 4 is 34.2 Å². The van der Waals surface area contributed by atoms with Gasteiger partial charge in [-0.05, 0) is 24.1 Å². The first kappa shape index (κ1) is 17.6. The number of halogens is 1. The van der Waals surface area contributed by atoms with Crippen molar-refractivity contribution in [3.63, 3.8) is 0 Å². The number of amides is 2. The van der Waals surface area contributed by atoms with Crippen molar-refractivity contribution in [3.8, 4) is 0 Å². The Morgan fingerprint density at radius 2 is 1.69 bits per heavy atom. The molecule has 3 rings (SSSR count). The summed E-state index contributed by atoms with van der Waals surface area (Å²) in [5.74, 6) is -0.990. The van der Waals surface area contributed by atoms with Crippen LogP contribution in [0.25, 0.3) is 10.8 Å². The lowest BCUT2D eigenvalue weighted by Gasteiger charge is -2.09. The number of aromatic amines is 1. The summed E-state index contributed by atoms with van der Waals surface area (Å²) in [5, 5.41) is 7.38. The van der Waals surface area contributed by atoms with E-state index in [4.69, 9.17) is 11.6 Å². The van der Waals surface area contributed by atoms with Crippen molar-refractivity contribution < 1.29 is 9.59 Å². The molecule has 0 radical (unpaired) electrons. The summed E-state index contributed by atoms with van der Waals surface area (Å²) in [6.07, 6.45) is 0.602. The zero-order valence-electron chi connectivity index (χ0n) is 13.6. The maximum absolute atomic E-state index is 12.3. The van der Waals surface area contributed by atoms with Gasteiger partial charge in [0.15, 0.2) is 5.69 Å². The number of hydrazine groups is 1. The predicted molar refractivity (Wildman–Crippen MR) is 97.7 cm³/mol. The standard InChI is InChI=1S/C18H15ClN4O3/c19-14-8-4-1-5-11(14)9-10-15(24)20-23-18(26)16-12-6-2-3-7-13(12)17(25)22-21-16/h1-8H,9-10H2,(H,20,24)(H,22,25)(H,23,26). The summed E-state index contributed by atoms with van der Waals surface area (Å²) in [6.45, 7) is 0. The summed E-state index contributed by atoms with van der Waals surface area (Å²) >= 11 is 6.04. The lowest BCUT2D eigenvalue weighted by Crippen LogP contribution is -2.42. The van der Waals surface area contributed by atoms with Crippen LogP contribution in [0.1, 0.15) is 22.5 Å². The van der Waals surface area contributed by atoms with Gasteiger partial charge in [-0.2, -0.15) is 5.10 Å². The summed E-state index contributed by atoms with van der Waals surface area (Å²) < 4.78 is 0. The van der Waals surface area contributed by atoms with Crippen LogP contribution in [-0.2, 0) is 11.2 Å². The van der Waals surface area contributed by atoms with Crippen molar-refractivity contribution in [3.05, 3.63) is 75.2 Å². The van der Waals surface area contributed by atoms with Gasteiger partial charge in [0.05, 0.1) is 5.39 Å². The first-order valence-corrected chi connectivity index (χ1v) is 8.24. The predicted octanol–water partition coefficient (Wildman–Crippen LogP) is 1.97. The molecule has 0 aliphatic heterocycles. The van der Waals surface area contributed by atoms with Crippen molar-refractivity contribution in [2.45, 2.75) is 12.8 Å². The monoisotopic (exact) mass is 370 g/mol. The molecule has 2 amide bonds. The number of H-pyrrole nitrogens is 1. The van der Waals surface area contributed by atoms with Crippen LogP contribution in [0.4, 0.5) is 0 Å². The second-order valence-corrected chi connectivity index (χ2v) is 5.95. The minimum absolute atomic E-state index is 0.0200. The number of nitrogens with one attached hydrogen (secondary N) is 3. The number of carbonyl (C=O) groups is 2. The third kappa shape index (κ3) is 3.89. The summed E-state index contributed by atoms with van der Waals surface area (Å²) in [5.41, 5.74) is 5.12. The first-order valence-electron chi connectivity index (χ1n) is 7.86. The van der Waals surface area contributed by atoms with Gasteiger partial charge >= 0.3 is 0 Å². The van der Waals surface area contributed by atoms with E-state index in [0.717, 1.165) is 5.56 Å². The largest absolute Gasteiger partial charge is 0.290 e. The quantitative estimate of drug-likeness (QED) is 0.611. The van der Waals surface area contributed by atoms with Crippen LogP contribution in [0.3, 0.4) is 0 Å². The molecule has 3 N–H and O–H groups in total. The SMILES string of the molecule is O=C(CCc1ccccc1Cl)NNC(=O)c1n[nH]c(=O)c2ccccc12. The molecule has 0 aliphatic rings. The summed E-state index contributed by atoms with van der Waals surface area (Å²) in [7, 11) is 0. The fourth-order valence-corrected chi connectivity index (χ4v) is 2.72. The Labute approximate surface area is 153 Å². The van der Waals surface area contributed by atoms with E-state index in [-0.39, 0.29) is 23.6 Å². The van der Waals surface area contributed by atoms with Gasteiger partial charge in [0, 0.05) is 16.8 Å². The Bertz CT molecular complexity index is 1030. The highest BCUT2D eigenvalue weighted by Crippen LogP contribution is 2.16. The lowest BCUT2D eigenvalue weighted by molar-refractivity contribution is -0.121. The molecule has 8 heteroatoms. The van der Waals surface area contributed by atoms with Gasteiger partial charge < -0.3 is 0 Å². The van der Waals surface area contributed by atoms with E-state index >= 15 is 0 Å². The Kier molecular flexibility index (Phi) is 5.28. The number of nitrogens with zero attached hydrogens (tertiary/aromatic N) is 1. The zero-order chi connectivity index (χ0) is 18.5. The molecule has 0 saturated carbocycles. The number of hydrogen-bond acceptors (Lipinski definition) is 4. The number of fused-ring (bicyclic) bond motifs is 1. The highest BCUT2D eigenvalue weighted by Gasteiger charge is 2.14. The van der Waals surface area contributed by atoms with E-state index in [0.29, 0.717) is 22.2 Å². The number of rotatable bonds is 4. The minimum Gasteiger partial charge on any atom is -0.273 e. The average molecular weight is 371 g/mol. The van der Waals surface area contributed by atoms with Crippen LogP contribution in [0.5, 0.6) is 0 Å². The highest BCUT2D eigenvalue weighted by molar-refractivity contribution is 6.31. The molecule has 0 spiro atoms. The van der Waals surface area contributed by atoms with Gasteiger partial charge in [0.2, 0.25) is 5.91 Å². The van der Waals surface area contributed by atoms with Crippen molar-refractivity contribution in [2.24, 2.45) is 0 Å². The van der Waals surface area contributed by atoms with Crippen LogP contribution in [-0.4, -0.2) is 22.0 Å². The topological polar surface area (TPSA) is 104 Å². The van der Waals surface area contributed by atoms with Crippen LogP contribution >= 0.6 is 11.6 Å². The van der Waals surface area contributed by atoms with E-state index in [2.05, 4.69) is 21.0 Å². The van der Waals surface area contributed by atoms with Gasteiger partial charge in [-0.15, -0.1) is 0 Å². The fraction of sp³-hybridized carbons (Fsp3) is 0.111. The molecule has 3 aromatic rings. The molecular weight excluding hydrogens is 356 g/mol. The maximum Gasteiger partial charge on any atom is 0.290 e. The molecule has 132 valence electrons. The van der Waals surface area contributed by atoms with Gasteiger partial charge in [0.1, 0.15) is 0 Å². The number of benzene rings is 2. The second-order valence-electron chi connectivity index (χ2n) is 5.54. The molecule has 0 atom stereocenters. The van der Waals surface area contributed by atoms with E-state index in [1.807, 2.05) is 18.2 Å². The Morgan fingerprint density at radius 3 is 2.46 bits per heavy atom. The molecular formula is C18H15ClN4O3. The van der Waals surface area contributed by atoms with Gasteiger partial charge in [0.25, 0.3) is 11.5 Å². The molecule has 1 heterocycles. The number of aryl methyl sites for hydroxylation is 1. The Hall–Kier alpha value is -3.19. The third-order valence-corrected chi connectivity index (χ3v) is 4.17. The molecule has 2 aromatic carbocycles. The van der Waals surface area contributed by atoms with Crippen LogP contribution in [0.15, 0.2) is 53.3 Å². The first-order chi connectivity index (χ1) is 12.6. The maximum atomic E-state index is 12.3. The smallest absolute Gasteiger partial charge is 0.273 e. The molecule has 0 bridgehead atoms. The summed E-state index contributed by atoms with van der Waals surface area (Å²) in [4.78, 5) is 35.9. The number of carbonyl (C=O) groups excluding carboxylic acids is 2. The number of aromatic nitrogens is 2. The Morgan fingerprint density at radius 1 is 1.00 bits per heavy atom. The summed E-state index contributed by atoms with van der Waals surface area (Å²) in [6, 6.07) is 13.8. The van der Waals surface area contributed by atoms with E-state index in [1.54, 1.807) is 30.3 Å². The minimum atomic E-state index is -0.622. The van der Waals surface area contributed by atoms with Crippen molar-refractivity contribution in [2.75, 3.05) is 0 Å². The van der Waals surface area contributed by atoms with Crippen molar-refractivity contribution in [1.82, 2.24) is 21.0 Å². The van der Waals surface area contributed by atoms with Crippen LogP contribution in [0, 0.1) is 0 Å². The Balaban J connectivity index is 1.62. The molecule has 26 heavy (non-hydrogen) atoms. The van der Waals surface area contributed by atoms with E-state index in [9.17, 15) is 14.4 Å². The molecule has 0 aliphatic carbocycles. The van der Waals surface area contributed by atoms with Gasteiger partial charge in [-0.3, -0.25) is 25.2 Å². The molecule has 0 saturated heterocycles. The number of hydrogen-bond donors (Lipinski definition) is 3. The molecule has 0 unspecified atom stereocenters. The lowest BCUT2D eigenvalue weighted by atomic mass is 10.1. The van der Waals surface area contributed by atoms with E-state index in [1.165, 1.54) is 0 Å². The third-order valence-electron chi connectivity index (χ3n) is 3.81. The van der Waals surface area contributed by atoms with Crippen molar-refractivity contribution in [1.29, 1.82) is 0 Å². The zero-order valence-corrected chi connectivity index (χ0v) is 14.3. The average Bonchev–Trinajstić information content (AvgIpc) is 2.66. The highest BCUT2D eigenvalue weighted by atomic mass is 35.5. The van der Waals surface area contributed by atoms with Crippen LogP contribution < -0.4 is 16.4 Å². The molecule has 1 aromatic heterocycles. The van der Waals surface area contributed by atoms with Gasteiger partial charge in [-0.1, -0.05) is 48.0 Å². The normalized spacial score (nSPS) is 10.5. The van der Waals surface area contributed by atoms with Crippen LogP contribution in [0.2, 0.25) is 5.02 Å².